The number of benzene rings is 2. The summed E-state index contributed by atoms with van der Waals surface area (Å²) in [4.78, 5) is 30.9. The van der Waals surface area contributed by atoms with Crippen LogP contribution in [0.25, 0.3) is 0 Å². The smallest absolute Gasteiger partial charge is 0.337 e. The molecule has 0 spiro atoms. The van der Waals surface area contributed by atoms with Gasteiger partial charge in [-0.2, -0.15) is 0 Å². The fourth-order valence-corrected chi connectivity index (χ4v) is 4.16. The topological polar surface area (TPSA) is 116 Å². The molecule has 228 valence electrons. The van der Waals surface area contributed by atoms with Gasteiger partial charge in [-0.1, -0.05) is 24.3 Å². The maximum atomic E-state index is 11.4. The molecule has 2 unspecified atom stereocenters. The van der Waals surface area contributed by atoms with Crippen molar-refractivity contribution >= 4 is 33.7 Å². The SMILES string of the molecule is COC(=O)c1ccc(C(C)N)cc1.COC(=O)c1ccc(C(C)Nc2nccc(C)c2C)cc1.Cc1ccnc(Br)c1C. The molecule has 0 fully saturated rings. The fourth-order valence-electron chi connectivity index (χ4n) is 3.73. The second-order valence-corrected chi connectivity index (χ2v) is 10.8. The number of carbonyl (C=O) groups excluding carboxylic acids is 2. The van der Waals surface area contributed by atoms with E-state index in [4.69, 9.17) is 10.5 Å². The summed E-state index contributed by atoms with van der Waals surface area (Å²) in [5.74, 6) is 0.245. The van der Waals surface area contributed by atoms with Gasteiger partial charge in [0.25, 0.3) is 0 Å². The van der Waals surface area contributed by atoms with Crippen LogP contribution in [-0.4, -0.2) is 36.1 Å². The van der Waals surface area contributed by atoms with E-state index in [1.807, 2.05) is 50.2 Å². The molecule has 2 aromatic heterocycles. The molecule has 2 heterocycles. The highest BCUT2D eigenvalue weighted by molar-refractivity contribution is 9.10. The maximum Gasteiger partial charge on any atom is 0.337 e. The molecule has 0 saturated heterocycles. The van der Waals surface area contributed by atoms with Crippen LogP contribution >= 0.6 is 15.9 Å². The highest BCUT2D eigenvalue weighted by Gasteiger charge is 2.11. The number of nitrogens with two attached hydrogens (primary N) is 1. The Hall–Kier alpha value is -4.08. The molecule has 0 saturated carbocycles. The van der Waals surface area contributed by atoms with Crippen LogP contribution in [0.15, 0.2) is 77.7 Å². The van der Waals surface area contributed by atoms with Gasteiger partial charge >= 0.3 is 11.9 Å². The van der Waals surface area contributed by atoms with Gasteiger partial charge in [0, 0.05) is 24.5 Å². The molecule has 0 aliphatic carbocycles. The van der Waals surface area contributed by atoms with Crippen LogP contribution in [0, 0.1) is 27.7 Å². The number of halogens is 1. The normalized spacial score (nSPS) is 11.5. The Balaban J connectivity index is 0.000000249. The Labute approximate surface area is 263 Å². The molecule has 0 amide bonds. The van der Waals surface area contributed by atoms with E-state index in [-0.39, 0.29) is 24.0 Å². The largest absolute Gasteiger partial charge is 0.465 e. The van der Waals surface area contributed by atoms with Crippen LogP contribution in [-0.2, 0) is 9.47 Å². The lowest BCUT2D eigenvalue weighted by Gasteiger charge is -2.17. The lowest BCUT2D eigenvalue weighted by molar-refractivity contribution is 0.0592. The number of esters is 2. The molecule has 0 aliphatic rings. The van der Waals surface area contributed by atoms with Crippen LogP contribution in [0.1, 0.15) is 80.0 Å². The van der Waals surface area contributed by atoms with Crippen LogP contribution in [0.4, 0.5) is 5.82 Å². The van der Waals surface area contributed by atoms with Crippen molar-refractivity contribution in [3.05, 3.63) is 122 Å². The summed E-state index contributed by atoms with van der Waals surface area (Å²) in [6.45, 7) is 12.2. The Bertz CT molecular complexity index is 1470. The summed E-state index contributed by atoms with van der Waals surface area (Å²) in [5, 5.41) is 3.40. The molecular weight excluding hydrogens is 608 g/mol. The minimum atomic E-state index is -0.323. The number of methoxy groups -OCH3 is 2. The first kappa shape index (κ1) is 35.1. The van der Waals surface area contributed by atoms with E-state index in [1.54, 1.807) is 36.7 Å². The standard InChI is InChI=1S/C17H20N2O2.C10H13NO2.C7H8BrN/c1-11-9-10-18-16(12(11)2)19-13(3)14-5-7-15(8-6-14)17(20)21-4;1-7(11)8-3-5-9(6-4-8)10(12)13-2;1-5-3-4-9-7(8)6(5)2/h5-10,13H,1-4H3,(H,18,19);3-7H,11H2,1-2H3;3-4H,1-2H3. The number of aryl methyl sites for hydroxylation is 2. The van der Waals surface area contributed by atoms with E-state index < -0.39 is 0 Å². The van der Waals surface area contributed by atoms with Gasteiger partial charge in [0.1, 0.15) is 10.4 Å². The summed E-state index contributed by atoms with van der Waals surface area (Å²) >= 11 is 3.33. The quantitative estimate of drug-likeness (QED) is 0.162. The first-order chi connectivity index (χ1) is 20.4. The Morgan fingerprint density at radius 3 is 1.58 bits per heavy atom. The van der Waals surface area contributed by atoms with Gasteiger partial charge in [0.2, 0.25) is 0 Å². The number of nitrogens with zero attached hydrogens (tertiary/aromatic N) is 2. The molecule has 4 rings (SSSR count). The predicted octanol–water partition coefficient (Wildman–Crippen LogP) is 7.61. The van der Waals surface area contributed by atoms with Gasteiger partial charge in [-0.3, -0.25) is 0 Å². The molecule has 0 aliphatic heterocycles. The Kier molecular flexibility index (Phi) is 14.0. The first-order valence-electron chi connectivity index (χ1n) is 13.8. The number of rotatable bonds is 6. The number of hydrogen-bond acceptors (Lipinski definition) is 8. The fraction of sp³-hybridized carbons (Fsp3) is 0.294. The second kappa shape index (κ2) is 17.1. The lowest BCUT2D eigenvalue weighted by atomic mass is 10.1. The van der Waals surface area contributed by atoms with Crippen LogP contribution in [0.2, 0.25) is 0 Å². The average molecular weight is 650 g/mol. The predicted molar refractivity (Wildman–Crippen MR) is 175 cm³/mol. The molecule has 4 aromatic rings. The lowest BCUT2D eigenvalue weighted by Crippen LogP contribution is -2.10. The maximum absolute atomic E-state index is 11.4. The number of hydrogen-bond donors (Lipinski definition) is 2. The molecule has 8 nitrogen and oxygen atoms in total. The van der Waals surface area contributed by atoms with Gasteiger partial charge in [-0.15, -0.1) is 0 Å². The molecule has 2 atom stereocenters. The van der Waals surface area contributed by atoms with Crippen LogP contribution in [0.3, 0.4) is 0 Å². The van der Waals surface area contributed by atoms with Crippen molar-refractivity contribution in [2.45, 2.75) is 53.6 Å². The molecule has 0 bridgehead atoms. The number of carbonyl (C=O) groups is 2. The van der Waals surface area contributed by atoms with E-state index in [0.717, 1.165) is 27.1 Å². The molecule has 3 N–H and O–H groups in total. The van der Waals surface area contributed by atoms with Gasteiger partial charge in [0.05, 0.1) is 25.3 Å². The zero-order valence-electron chi connectivity index (χ0n) is 26.1. The molecule has 0 radical (unpaired) electrons. The molecular formula is C34H41BrN4O4. The van der Waals surface area contributed by atoms with Crippen molar-refractivity contribution in [1.82, 2.24) is 9.97 Å². The van der Waals surface area contributed by atoms with Crippen LogP contribution < -0.4 is 11.1 Å². The Morgan fingerprint density at radius 2 is 1.16 bits per heavy atom. The average Bonchev–Trinajstić information content (AvgIpc) is 3.02. The monoisotopic (exact) mass is 648 g/mol. The molecule has 2 aromatic carbocycles. The van der Waals surface area contributed by atoms with E-state index in [9.17, 15) is 9.59 Å². The number of anilines is 1. The third kappa shape index (κ3) is 10.6. The third-order valence-corrected chi connectivity index (χ3v) is 7.73. The first-order valence-corrected chi connectivity index (χ1v) is 14.6. The van der Waals surface area contributed by atoms with E-state index >= 15 is 0 Å². The zero-order chi connectivity index (χ0) is 32.1. The summed E-state index contributed by atoms with van der Waals surface area (Å²) in [7, 11) is 2.74. The minimum absolute atomic E-state index is 0.00769. The van der Waals surface area contributed by atoms with E-state index in [1.165, 1.54) is 30.9 Å². The number of aromatic nitrogens is 2. The molecule has 43 heavy (non-hydrogen) atoms. The number of pyridine rings is 2. The summed E-state index contributed by atoms with van der Waals surface area (Å²) in [5.41, 5.74) is 13.7. The number of nitrogens with one attached hydrogen (secondary N) is 1. The Morgan fingerprint density at radius 1 is 0.721 bits per heavy atom. The van der Waals surface area contributed by atoms with Crippen molar-refractivity contribution in [3.8, 4) is 0 Å². The van der Waals surface area contributed by atoms with Gasteiger partial charge in [-0.05, 0) is 127 Å². The summed E-state index contributed by atoms with van der Waals surface area (Å²) in [6, 6.07) is 18.6. The zero-order valence-corrected chi connectivity index (χ0v) is 27.7. The van der Waals surface area contributed by atoms with Crippen molar-refractivity contribution in [2.75, 3.05) is 19.5 Å². The summed E-state index contributed by atoms with van der Waals surface area (Å²) in [6.07, 6.45) is 3.60. The van der Waals surface area contributed by atoms with Gasteiger partial charge in [0.15, 0.2) is 0 Å². The minimum Gasteiger partial charge on any atom is -0.465 e. The van der Waals surface area contributed by atoms with Gasteiger partial charge < -0.3 is 20.5 Å². The summed E-state index contributed by atoms with van der Waals surface area (Å²) < 4.78 is 10.2. The van der Waals surface area contributed by atoms with Gasteiger partial charge in [-0.25, -0.2) is 19.6 Å². The van der Waals surface area contributed by atoms with Crippen molar-refractivity contribution in [2.24, 2.45) is 5.73 Å². The van der Waals surface area contributed by atoms with Crippen LogP contribution in [0.5, 0.6) is 0 Å². The highest BCUT2D eigenvalue weighted by atomic mass is 79.9. The van der Waals surface area contributed by atoms with Crippen molar-refractivity contribution < 1.29 is 19.1 Å². The highest BCUT2D eigenvalue weighted by Crippen LogP contribution is 2.22. The second-order valence-electron chi connectivity index (χ2n) is 10.0. The van der Waals surface area contributed by atoms with E-state index in [2.05, 4.69) is 63.6 Å². The molecule has 9 heteroatoms. The number of ether oxygens (including phenoxy) is 2. The van der Waals surface area contributed by atoms with Crippen molar-refractivity contribution in [1.29, 1.82) is 0 Å². The van der Waals surface area contributed by atoms with Crippen molar-refractivity contribution in [3.63, 3.8) is 0 Å². The van der Waals surface area contributed by atoms with E-state index in [0.29, 0.717) is 11.1 Å². The third-order valence-electron chi connectivity index (χ3n) is 6.93.